The maximum atomic E-state index is 11.7. The minimum absolute atomic E-state index is 0.129. The van der Waals surface area contributed by atoms with E-state index in [1.165, 1.54) is 6.26 Å². The fraction of sp³-hybridized carbons (Fsp3) is 0.353. The Morgan fingerprint density at radius 2 is 2.26 bits per heavy atom. The maximum absolute atomic E-state index is 11.7. The molecule has 23 heavy (non-hydrogen) atoms. The van der Waals surface area contributed by atoms with E-state index in [2.05, 4.69) is 5.32 Å². The summed E-state index contributed by atoms with van der Waals surface area (Å²) in [6.45, 7) is 2.48. The van der Waals surface area contributed by atoms with Gasteiger partial charge in [0.15, 0.2) is 0 Å². The number of benzene rings is 1. The van der Waals surface area contributed by atoms with Crippen LogP contribution in [0.15, 0.2) is 41.0 Å². The standard InChI is InChI=1S/C17H20ClNO4/c1-12-10-13(6-7-14(12)18)22-8-3-5-17(21)19-11-15(20)16-4-2-9-23-16/h2,4,6-7,9-10,15,20H,3,5,8,11H2,1H3,(H,19,21). The number of aliphatic hydroxyl groups is 1. The van der Waals surface area contributed by atoms with Crippen molar-refractivity contribution < 1.29 is 19.1 Å². The van der Waals surface area contributed by atoms with Crippen molar-refractivity contribution in [2.75, 3.05) is 13.2 Å². The van der Waals surface area contributed by atoms with Crippen molar-refractivity contribution in [3.8, 4) is 5.75 Å². The highest BCUT2D eigenvalue weighted by Crippen LogP contribution is 2.21. The third-order valence-corrected chi connectivity index (χ3v) is 3.73. The van der Waals surface area contributed by atoms with E-state index in [4.69, 9.17) is 20.8 Å². The Hall–Kier alpha value is -1.98. The molecule has 1 aromatic heterocycles. The lowest BCUT2D eigenvalue weighted by Gasteiger charge is -2.10. The van der Waals surface area contributed by atoms with E-state index in [-0.39, 0.29) is 12.5 Å². The molecule has 1 atom stereocenters. The number of hydrogen-bond donors (Lipinski definition) is 2. The molecular weight excluding hydrogens is 318 g/mol. The Labute approximate surface area is 140 Å². The van der Waals surface area contributed by atoms with Crippen LogP contribution in [0.2, 0.25) is 5.02 Å². The van der Waals surface area contributed by atoms with Gasteiger partial charge in [0, 0.05) is 11.4 Å². The molecule has 1 aromatic carbocycles. The van der Waals surface area contributed by atoms with Crippen molar-refractivity contribution in [3.05, 3.63) is 52.9 Å². The van der Waals surface area contributed by atoms with Crippen LogP contribution in [0, 0.1) is 6.92 Å². The molecule has 1 amide bonds. The monoisotopic (exact) mass is 337 g/mol. The molecular formula is C17H20ClNO4. The van der Waals surface area contributed by atoms with Gasteiger partial charge in [-0.15, -0.1) is 0 Å². The van der Waals surface area contributed by atoms with E-state index < -0.39 is 6.10 Å². The van der Waals surface area contributed by atoms with Crippen LogP contribution in [-0.2, 0) is 4.79 Å². The van der Waals surface area contributed by atoms with E-state index in [0.29, 0.717) is 30.2 Å². The molecule has 0 spiro atoms. The van der Waals surface area contributed by atoms with Gasteiger partial charge >= 0.3 is 0 Å². The zero-order valence-electron chi connectivity index (χ0n) is 12.9. The Morgan fingerprint density at radius 1 is 1.43 bits per heavy atom. The number of rotatable bonds is 8. The highest BCUT2D eigenvalue weighted by atomic mass is 35.5. The molecule has 0 aliphatic rings. The number of aryl methyl sites for hydroxylation is 1. The number of ether oxygens (including phenoxy) is 1. The number of hydrogen-bond acceptors (Lipinski definition) is 4. The number of nitrogens with one attached hydrogen (secondary N) is 1. The number of amides is 1. The Kier molecular flexibility index (Phi) is 6.50. The summed E-state index contributed by atoms with van der Waals surface area (Å²) in [6, 6.07) is 8.81. The second-order valence-electron chi connectivity index (χ2n) is 5.20. The first-order chi connectivity index (χ1) is 11.1. The molecule has 0 fully saturated rings. The number of halogens is 1. The van der Waals surface area contributed by atoms with Gasteiger partial charge in [-0.3, -0.25) is 4.79 Å². The minimum Gasteiger partial charge on any atom is -0.494 e. The van der Waals surface area contributed by atoms with Gasteiger partial charge in [0.1, 0.15) is 17.6 Å². The van der Waals surface area contributed by atoms with Gasteiger partial charge in [-0.2, -0.15) is 0 Å². The lowest BCUT2D eigenvalue weighted by molar-refractivity contribution is -0.121. The number of carbonyl (C=O) groups excluding carboxylic acids is 1. The van der Waals surface area contributed by atoms with Crippen molar-refractivity contribution >= 4 is 17.5 Å². The largest absolute Gasteiger partial charge is 0.494 e. The predicted octanol–water partition coefficient (Wildman–Crippen LogP) is 3.25. The zero-order valence-corrected chi connectivity index (χ0v) is 13.7. The molecule has 0 saturated carbocycles. The average molecular weight is 338 g/mol. The lowest BCUT2D eigenvalue weighted by Crippen LogP contribution is -2.28. The van der Waals surface area contributed by atoms with E-state index in [9.17, 15) is 9.90 Å². The second-order valence-corrected chi connectivity index (χ2v) is 5.61. The average Bonchev–Trinajstić information content (AvgIpc) is 3.07. The summed E-state index contributed by atoms with van der Waals surface area (Å²) in [5.41, 5.74) is 0.953. The van der Waals surface area contributed by atoms with Crippen LogP contribution in [-0.4, -0.2) is 24.2 Å². The Bertz CT molecular complexity index is 628. The van der Waals surface area contributed by atoms with Crippen LogP contribution in [0.25, 0.3) is 0 Å². The van der Waals surface area contributed by atoms with Gasteiger partial charge in [-0.05, 0) is 49.2 Å². The molecule has 0 aliphatic heterocycles. The van der Waals surface area contributed by atoms with Crippen LogP contribution >= 0.6 is 11.6 Å². The molecule has 2 rings (SSSR count). The summed E-state index contributed by atoms with van der Waals surface area (Å²) in [6.07, 6.45) is 1.57. The zero-order chi connectivity index (χ0) is 16.7. The number of aliphatic hydroxyl groups excluding tert-OH is 1. The lowest BCUT2D eigenvalue weighted by atomic mass is 10.2. The third-order valence-electron chi connectivity index (χ3n) is 3.31. The van der Waals surface area contributed by atoms with Gasteiger partial charge in [-0.25, -0.2) is 0 Å². The summed E-state index contributed by atoms with van der Waals surface area (Å²) < 4.78 is 10.6. The van der Waals surface area contributed by atoms with E-state index in [1.54, 1.807) is 24.3 Å². The number of carbonyl (C=O) groups is 1. The quantitative estimate of drug-likeness (QED) is 0.725. The molecule has 2 aromatic rings. The first-order valence-electron chi connectivity index (χ1n) is 7.43. The summed E-state index contributed by atoms with van der Waals surface area (Å²) >= 11 is 5.95. The van der Waals surface area contributed by atoms with Gasteiger partial charge < -0.3 is 19.6 Å². The van der Waals surface area contributed by atoms with E-state index in [1.807, 2.05) is 13.0 Å². The van der Waals surface area contributed by atoms with Crippen LogP contribution in [0.3, 0.4) is 0 Å². The van der Waals surface area contributed by atoms with Crippen LogP contribution in [0.1, 0.15) is 30.3 Å². The Balaban J connectivity index is 1.62. The SMILES string of the molecule is Cc1cc(OCCCC(=O)NCC(O)c2ccco2)ccc1Cl. The van der Waals surface area contributed by atoms with Crippen molar-refractivity contribution in [1.82, 2.24) is 5.32 Å². The van der Waals surface area contributed by atoms with Gasteiger partial charge in [0.2, 0.25) is 5.91 Å². The Morgan fingerprint density at radius 3 is 2.96 bits per heavy atom. The van der Waals surface area contributed by atoms with Gasteiger partial charge in [0.25, 0.3) is 0 Å². The first-order valence-corrected chi connectivity index (χ1v) is 7.81. The highest BCUT2D eigenvalue weighted by molar-refractivity contribution is 6.31. The highest BCUT2D eigenvalue weighted by Gasteiger charge is 2.11. The van der Waals surface area contributed by atoms with E-state index >= 15 is 0 Å². The topological polar surface area (TPSA) is 71.7 Å². The third kappa shape index (κ3) is 5.62. The number of furan rings is 1. The smallest absolute Gasteiger partial charge is 0.220 e. The molecule has 5 nitrogen and oxygen atoms in total. The van der Waals surface area contributed by atoms with Crippen LogP contribution in [0.4, 0.5) is 0 Å². The molecule has 124 valence electrons. The molecule has 0 saturated heterocycles. The summed E-state index contributed by atoms with van der Waals surface area (Å²) in [4.78, 5) is 11.7. The van der Waals surface area contributed by atoms with Crippen molar-refractivity contribution in [3.63, 3.8) is 0 Å². The van der Waals surface area contributed by atoms with Crippen LogP contribution in [0.5, 0.6) is 5.75 Å². The van der Waals surface area contributed by atoms with Crippen molar-refractivity contribution in [2.24, 2.45) is 0 Å². The summed E-state index contributed by atoms with van der Waals surface area (Å²) in [5.74, 6) is 1.04. The van der Waals surface area contributed by atoms with Crippen LogP contribution < -0.4 is 10.1 Å². The summed E-state index contributed by atoms with van der Waals surface area (Å²) in [5, 5.41) is 13.1. The molecule has 0 radical (unpaired) electrons. The normalized spacial score (nSPS) is 12.0. The second kappa shape index (κ2) is 8.60. The first kappa shape index (κ1) is 17.4. The van der Waals surface area contributed by atoms with E-state index in [0.717, 1.165) is 11.3 Å². The molecule has 6 heteroatoms. The molecule has 2 N–H and O–H groups in total. The van der Waals surface area contributed by atoms with Crippen molar-refractivity contribution in [1.29, 1.82) is 0 Å². The minimum atomic E-state index is -0.831. The molecule has 1 unspecified atom stereocenters. The molecule has 1 heterocycles. The van der Waals surface area contributed by atoms with Gasteiger partial charge in [0.05, 0.1) is 19.4 Å². The maximum Gasteiger partial charge on any atom is 0.220 e. The summed E-state index contributed by atoms with van der Waals surface area (Å²) in [7, 11) is 0. The molecule has 0 bridgehead atoms. The fourth-order valence-electron chi connectivity index (χ4n) is 2.01. The molecule has 0 aliphatic carbocycles. The van der Waals surface area contributed by atoms with Crippen molar-refractivity contribution in [2.45, 2.75) is 25.9 Å². The van der Waals surface area contributed by atoms with Gasteiger partial charge in [-0.1, -0.05) is 11.6 Å². The predicted molar refractivity (Wildman–Crippen MR) is 87.6 cm³/mol. The fourth-order valence-corrected chi connectivity index (χ4v) is 2.13.